The molecule has 0 spiro atoms. The number of piperidine rings is 1. The zero-order valence-corrected chi connectivity index (χ0v) is 14.3. The van der Waals surface area contributed by atoms with Crippen molar-refractivity contribution in [3.63, 3.8) is 0 Å². The van der Waals surface area contributed by atoms with Crippen LogP contribution in [0.4, 0.5) is 5.82 Å². The lowest BCUT2D eigenvalue weighted by Gasteiger charge is -2.32. The smallest absolute Gasteiger partial charge is 0.223 e. The molecular weight excluding hydrogens is 316 g/mol. The van der Waals surface area contributed by atoms with Crippen molar-refractivity contribution in [2.45, 2.75) is 32.2 Å². The van der Waals surface area contributed by atoms with Crippen LogP contribution in [0.15, 0.2) is 41.1 Å². The summed E-state index contributed by atoms with van der Waals surface area (Å²) >= 11 is 0. The first-order valence-electron chi connectivity index (χ1n) is 8.59. The molecule has 1 amide bonds. The van der Waals surface area contributed by atoms with Crippen molar-refractivity contribution in [2.75, 3.05) is 18.0 Å². The number of hydrogen-bond acceptors (Lipinski definition) is 5. The number of nitriles is 1. The maximum atomic E-state index is 12.5. The van der Waals surface area contributed by atoms with Crippen molar-refractivity contribution < 1.29 is 9.21 Å². The summed E-state index contributed by atoms with van der Waals surface area (Å²) in [5.74, 6) is 1.90. The molecule has 130 valence electrons. The molecule has 2 aromatic heterocycles. The predicted molar refractivity (Wildman–Crippen MR) is 93.9 cm³/mol. The van der Waals surface area contributed by atoms with Crippen LogP contribution < -0.4 is 10.2 Å². The number of anilines is 1. The lowest BCUT2D eigenvalue weighted by molar-refractivity contribution is -0.126. The maximum Gasteiger partial charge on any atom is 0.223 e. The number of carbonyl (C=O) groups excluding carboxylic acids is 1. The van der Waals surface area contributed by atoms with E-state index in [4.69, 9.17) is 9.68 Å². The van der Waals surface area contributed by atoms with Crippen LogP contribution >= 0.6 is 0 Å². The average Bonchev–Trinajstić information content (AvgIpc) is 3.14. The van der Waals surface area contributed by atoms with Gasteiger partial charge in [-0.25, -0.2) is 4.98 Å². The van der Waals surface area contributed by atoms with Crippen molar-refractivity contribution in [3.8, 4) is 6.07 Å². The fourth-order valence-electron chi connectivity index (χ4n) is 3.15. The molecule has 0 aliphatic carbocycles. The molecule has 3 rings (SSSR count). The summed E-state index contributed by atoms with van der Waals surface area (Å²) in [4.78, 5) is 18.9. The molecule has 1 atom stereocenters. The van der Waals surface area contributed by atoms with Gasteiger partial charge in [0.1, 0.15) is 17.6 Å². The predicted octanol–water partition coefficient (Wildman–Crippen LogP) is 2.51. The van der Waals surface area contributed by atoms with Gasteiger partial charge >= 0.3 is 0 Å². The lowest BCUT2D eigenvalue weighted by atomic mass is 9.95. The van der Waals surface area contributed by atoms with Crippen LogP contribution in [0.5, 0.6) is 0 Å². The first-order chi connectivity index (χ1) is 12.2. The summed E-state index contributed by atoms with van der Waals surface area (Å²) in [5.41, 5.74) is 0.559. The molecule has 2 aromatic rings. The van der Waals surface area contributed by atoms with Crippen LogP contribution in [-0.2, 0) is 11.2 Å². The summed E-state index contributed by atoms with van der Waals surface area (Å²) in [6.07, 6.45) is 5.55. The van der Waals surface area contributed by atoms with E-state index in [1.165, 1.54) is 0 Å². The molecule has 3 heterocycles. The van der Waals surface area contributed by atoms with E-state index in [1.54, 1.807) is 18.5 Å². The van der Waals surface area contributed by atoms with Gasteiger partial charge in [0.05, 0.1) is 11.8 Å². The van der Waals surface area contributed by atoms with Crippen LogP contribution in [0.25, 0.3) is 0 Å². The molecule has 1 aliphatic heterocycles. The normalized spacial score (nSPS) is 16.2. The summed E-state index contributed by atoms with van der Waals surface area (Å²) in [7, 11) is 0. The standard InChI is InChI=1S/C19H22N4O2/c1-14(11-17-3-2-10-25-17)22-19(24)16-6-8-23(9-7-16)18-5-4-15(12-20)13-21-18/h2-5,10,13-14,16H,6-9,11H2,1H3,(H,22,24). The van der Waals surface area contributed by atoms with E-state index in [-0.39, 0.29) is 17.9 Å². The largest absolute Gasteiger partial charge is 0.469 e. The van der Waals surface area contributed by atoms with Gasteiger partial charge in [0, 0.05) is 37.7 Å². The monoisotopic (exact) mass is 338 g/mol. The van der Waals surface area contributed by atoms with E-state index in [0.717, 1.165) is 37.5 Å². The van der Waals surface area contributed by atoms with Crippen LogP contribution in [0, 0.1) is 17.2 Å². The number of nitrogens with zero attached hydrogens (tertiary/aromatic N) is 3. The molecule has 0 aromatic carbocycles. The Morgan fingerprint density at radius 1 is 1.44 bits per heavy atom. The van der Waals surface area contributed by atoms with Crippen molar-refractivity contribution in [3.05, 3.63) is 48.0 Å². The molecule has 1 fully saturated rings. The number of carbonyl (C=O) groups is 1. The molecule has 1 N–H and O–H groups in total. The highest BCUT2D eigenvalue weighted by atomic mass is 16.3. The SMILES string of the molecule is CC(Cc1ccco1)NC(=O)C1CCN(c2ccc(C#N)cn2)CC1. The molecule has 0 saturated carbocycles. The van der Waals surface area contributed by atoms with Crippen LogP contribution in [0.2, 0.25) is 0 Å². The molecule has 25 heavy (non-hydrogen) atoms. The molecule has 6 heteroatoms. The third kappa shape index (κ3) is 4.38. The van der Waals surface area contributed by atoms with E-state index in [1.807, 2.05) is 25.1 Å². The number of amides is 1. The number of hydrogen-bond donors (Lipinski definition) is 1. The fourth-order valence-corrected chi connectivity index (χ4v) is 3.15. The second-order valence-corrected chi connectivity index (χ2v) is 6.47. The Morgan fingerprint density at radius 2 is 2.24 bits per heavy atom. The van der Waals surface area contributed by atoms with Gasteiger partial charge in [-0.05, 0) is 44.0 Å². The Hall–Kier alpha value is -2.81. The van der Waals surface area contributed by atoms with Gasteiger partial charge in [-0.1, -0.05) is 0 Å². The third-order valence-electron chi connectivity index (χ3n) is 4.54. The zero-order valence-electron chi connectivity index (χ0n) is 14.3. The number of rotatable bonds is 5. The quantitative estimate of drug-likeness (QED) is 0.906. The van der Waals surface area contributed by atoms with Gasteiger partial charge in [-0.3, -0.25) is 4.79 Å². The van der Waals surface area contributed by atoms with Crippen molar-refractivity contribution in [1.29, 1.82) is 5.26 Å². The summed E-state index contributed by atoms with van der Waals surface area (Å²) in [6, 6.07) is 9.55. The summed E-state index contributed by atoms with van der Waals surface area (Å²) in [5, 5.41) is 11.9. The second kappa shape index (κ2) is 7.84. The number of aromatic nitrogens is 1. The molecule has 1 unspecified atom stereocenters. The van der Waals surface area contributed by atoms with Crippen LogP contribution in [-0.4, -0.2) is 30.0 Å². The summed E-state index contributed by atoms with van der Waals surface area (Å²) in [6.45, 7) is 3.59. The minimum Gasteiger partial charge on any atom is -0.469 e. The van der Waals surface area contributed by atoms with Crippen LogP contribution in [0.1, 0.15) is 31.1 Å². The Kier molecular flexibility index (Phi) is 5.34. The molecule has 6 nitrogen and oxygen atoms in total. The van der Waals surface area contributed by atoms with Crippen LogP contribution in [0.3, 0.4) is 0 Å². The van der Waals surface area contributed by atoms with Gasteiger partial charge in [-0.2, -0.15) is 5.26 Å². The van der Waals surface area contributed by atoms with Gasteiger partial charge in [0.2, 0.25) is 5.91 Å². The highest BCUT2D eigenvalue weighted by Gasteiger charge is 2.26. The minimum atomic E-state index is 0.0358. The van der Waals surface area contributed by atoms with Gasteiger partial charge in [0.25, 0.3) is 0 Å². The Bertz CT molecular complexity index is 726. The van der Waals surface area contributed by atoms with Crippen molar-refractivity contribution in [2.24, 2.45) is 5.92 Å². The molecule has 1 saturated heterocycles. The van der Waals surface area contributed by atoms with Crippen molar-refractivity contribution >= 4 is 11.7 Å². The first kappa shape index (κ1) is 17.0. The minimum absolute atomic E-state index is 0.0358. The van der Waals surface area contributed by atoms with E-state index in [0.29, 0.717) is 12.0 Å². The Labute approximate surface area is 147 Å². The van der Waals surface area contributed by atoms with E-state index in [9.17, 15) is 4.79 Å². The fraction of sp³-hybridized carbons (Fsp3) is 0.421. The van der Waals surface area contributed by atoms with E-state index >= 15 is 0 Å². The lowest BCUT2D eigenvalue weighted by Crippen LogP contribution is -2.43. The first-order valence-corrected chi connectivity index (χ1v) is 8.59. The van der Waals surface area contributed by atoms with E-state index < -0.39 is 0 Å². The van der Waals surface area contributed by atoms with Crippen molar-refractivity contribution in [1.82, 2.24) is 10.3 Å². The molecule has 0 bridgehead atoms. The number of pyridine rings is 1. The van der Waals surface area contributed by atoms with Gasteiger partial charge < -0.3 is 14.6 Å². The van der Waals surface area contributed by atoms with E-state index in [2.05, 4.69) is 21.3 Å². The van der Waals surface area contributed by atoms with Gasteiger partial charge in [0.15, 0.2) is 0 Å². The molecule has 0 radical (unpaired) electrons. The maximum absolute atomic E-state index is 12.5. The Balaban J connectivity index is 1.47. The summed E-state index contributed by atoms with van der Waals surface area (Å²) < 4.78 is 5.33. The topological polar surface area (TPSA) is 82.2 Å². The van der Waals surface area contributed by atoms with Gasteiger partial charge in [-0.15, -0.1) is 0 Å². The zero-order chi connectivity index (χ0) is 17.6. The second-order valence-electron chi connectivity index (χ2n) is 6.47. The number of furan rings is 1. The highest BCUT2D eigenvalue weighted by molar-refractivity contribution is 5.79. The molecular formula is C19H22N4O2. The Morgan fingerprint density at radius 3 is 2.84 bits per heavy atom. The third-order valence-corrected chi connectivity index (χ3v) is 4.54. The average molecular weight is 338 g/mol. The highest BCUT2D eigenvalue weighted by Crippen LogP contribution is 2.22. The number of nitrogens with one attached hydrogen (secondary N) is 1. The molecule has 1 aliphatic rings.